The van der Waals surface area contributed by atoms with Crippen molar-refractivity contribution in [3.63, 3.8) is 0 Å². The van der Waals surface area contributed by atoms with E-state index in [9.17, 15) is 25.0 Å². The number of carbonyl (C=O) groups is 1. The number of nitro benzene ring substituents is 1. The van der Waals surface area contributed by atoms with Gasteiger partial charge in [0.15, 0.2) is 6.04 Å². The fourth-order valence-electron chi connectivity index (χ4n) is 3.52. The lowest BCUT2D eigenvalue weighted by Crippen LogP contribution is -2.27. The summed E-state index contributed by atoms with van der Waals surface area (Å²) in [4.78, 5) is 34.2. The van der Waals surface area contributed by atoms with Crippen molar-refractivity contribution in [1.29, 1.82) is 0 Å². The van der Waals surface area contributed by atoms with Gasteiger partial charge in [-0.25, -0.2) is 0 Å². The molecule has 1 atom stereocenters. The highest BCUT2D eigenvalue weighted by atomic mass is 16.6. The number of amides is 1. The van der Waals surface area contributed by atoms with Crippen molar-refractivity contribution < 1.29 is 19.4 Å². The van der Waals surface area contributed by atoms with Gasteiger partial charge < -0.3 is 20.2 Å². The molecule has 33 heavy (non-hydrogen) atoms. The zero-order valence-corrected chi connectivity index (χ0v) is 18.6. The molecule has 172 valence electrons. The van der Waals surface area contributed by atoms with Gasteiger partial charge in [-0.1, -0.05) is 13.0 Å². The van der Waals surface area contributed by atoms with Gasteiger partial charge in [0.05, 0.1) is 33.5 Å². The molecule has 2 aromatic carbocycles. The first kappa shape index (κ1) is 23.4. The molecule has 3 rings (SSSR count). The molecule has 1 N–H and O–H groups in total. The number of non-ortho nitro benzene ring substituents is 1. The van der Waals surface area contributed by atoms with Gasteiger partial charge in [-0.2, -0.15) is 4.68 Å². The molecule has 0 spiro atoms. The van der Waals surface area contributed by atoms with Crippen LogP contribution in [-0.2, 0) is 4.79 Å². The van der Waals surface area contributed by atoms with Crippen molar-refractivity contribution in [1.82, 2.24) is 9.78 Å². The Bertz CT molecular complexity index is 1220. The van der Waals surface area contributed by atoms with E-state index in [4.69, 9.17) is 4.74 Å². The van der Waals surface area contributed by atoms with Crippen LogP contribution in [0, 0.1) is 41.0 Å². The molecule has 0 fully saturated rings. The number of anilines is 1. The molecule has 0 aliphatic heterocycles. The standard InChI is InChI=1S/C22H23N5O6/c1-5-20(25-15(4)9-21(24-25)27(31)32)22(28)23-16-10-17(26(29)30)12-19(11-16)33-18-7-13(2)6-14(3)8-18/h6-12,20H,5H2,1-4H3,(H,23,28). The number of benzene rings is 2. The summed E-state index contributed by atoms with van der Waals surface area (Å²) in [6.07, 6.45) is 0.298. The number of aromatic nitrogens is 2. The van der Waals surface area contributed by atoms with Gasteiger partial charge in [-0.15, -0.1) is 0 Å². The Morgan fingerprint density at radius 1 is 1.00 bits per heavy atom. The van der Waals surface area contributed by atoms with E-state index in [1.807, 2.05) is 19.9 Å². The minimum absolute atomic E-state index is 0.159. The van der Waals surface area contributed by atoms with Gasteiger partial charge in [0.1, 0.15) is 11.5 Å². The van der Waals surface area contributed by atoms with E-state index in [0.29, 0.717) is 17.9 Å². The van der Waals surface area contributed by atoms with Gasteiger partial charge in [0.2, 0.25) is 0 Å². The second-order valence-electron chi connectivity index (χ2n) is 7.66. The fourth-order valence-corrected chi connectivity index (χ4v) is 3.52. The Labute approximate surface area is 189 Å². The topological polar surface area (TPSA) is 142 Å². The molecule has 0 saturated carbocycles. The fraction of sp³-hybridized carbons (Fsp3) is 0.273. The van der Waals surface area contributed by atoms with Gasteiger partial charge in [0.25, 0.3) is 11.6 Å². The Morgan fingerprint density at radius 2 is 1.64 bits per heavy atom. The summed E-state index contributed by atoms with van der Waals surface area (Å²) in [5.74, 6) is -0.186. The van der Waals surface area contributed by atoms with Gasteiger partial charge >= 0.3 is 5.82 Å². The number of nitrogens with one attached hydrogen (secondary N) is 1. The molecule has 0 bridgehead atoms. The molecule has 11 heteroatoms. The lowest BCUT2D eigenvalue weighted by Gasteiger charge is -2.15. The predicted octanol–water partition coefficient (Wildman–Crippen LogP) is 5.01. The van der Waals surface area contributed by atoms with Gasteiger partial charge in [-0.3, -0.25) is 14.9 Å². The van der Waals surface area contributed by atoms with E-state index in [1.165, 1.54) is 28.9 Å². The average Bonchev–Trinajstić information content (AvgIpc) is 3.09. The number of ether oxygens (including phenoxy) is 1. The summed E-state index contributed by atoms with van der Waals surface area (Å²) >= 11 is 0. The number of hydrogen-bond acceptors (Lipinski definition) is 7. The molecule has 1 heterocycles. The monoisotopic (exact) mass is 453 g/mol. The SMILES string of the molecule is CCC(C(=O)Nc1cc(Oc2cc(C)cc(C)c2)cc([N+](=O)[O-])c1)n1nc([N+](=O)[O-])cc1C. The minimum atomic E-state index is -0.846. The summed E-state index contributed by atoms with van der Waals surface area (Å²) in [6.45, 7) is 7.16. The van der Waals surface area contributed by atoms with E-state index in [1.54, 1.807) is 26.0 Å². The van der Waals surface area contributed by atoms with E-state index >= 15 is 0 Å². The van der Waals surface area contributed by atoms with Crippen LogP contribution in [0.2, 0.25) is 0 Å². The van der Waals surface area contributed by atoms with Crippen LogP contribution in [0.15, 0.2) is 42.5 Å². The number of nitrogens with zero attached hydrogens (tertiary/aromatic N) is 4. The number of carbonyl (C=O) groups excluding carboxylic acids is 1. The highest BCUT2D eigenvalue weighted by molar-refractivity contribution is 5.94. The second kappa shape index (κ2) is 9.47. The van der Waals surface area contributed by atoms with Crippen LogP contribution in [0.1, 0.15) is 36.2 Å². The maximum Gasteiger partial charge on any atom is 0.390 e. The Hall–Kier alpha value is -4.28. The molecule has 3 aromatic rings. The molecule has 0 aliphatic carbocycles. The lowest BCUT2D eigenvalue weighted by molar-refractivity contribution is -0.389. The van der Waals surface area contributed by atoms with E-state index in [-0.39, 0.29) is 22.9 Å². The van der Waals surface area contributed by atoms with Gasteiger partial charge in [-0.05, 0) is 55.4 Å². The van der Waals surface area contributed by atoms with Crippen LogP contribution in [0.4, 0.5) is 17.2 Å². The molecule has 0 radical (unpaired) electrons. The maximum atomic E-state index is 13.0. The number of nitro groups is 2. The van der Waals surface area contributed by atoms with Crippen molar-refractivity contribution >= 4 is 23.1 Å². The zero-order valence-electron chi connectivity index (χ0n) is 18.6. The average molecular weight is 453 g/mol. The number of rotatable bonds is 8. The van der Waals surface area contributed by atoms with Crippen LogP contribution in [-0.4, -0.2) is 25.5 Å². The van der Waals surface area contributed by atoms with Gasteiger partial charge in [0, 0.05) is 12.1 Å². The molecular formula is C22H23N5O6. The normalized spacial score (nSPS) is 11.6. The van der Waals surface area contributed by atoms with E-state index in [2.05, 4.69) is 10.4 Å². The molecule has 11 nitrogen and oxygen atoms in total. The van der Waals surface area contributed by atoms with Crippen LogP contribution >= 0.6 is 0 Å². The Morgan fingerprint density at radius 3 is 2.18 bits per heavy atom. The third-order valence-electron chi connectivity index (χ3n) is 4.88. The van der Waals surface area contributed by atoms with Crippen molar-refractivity contribution in [3.05, 3.63) is 79.5 Å². The van der Waals surface area contributed by atoms with Crippen LogP contribution in [0.5, 0.6) is 11.5 Å². The summed E-state index contributed by atoms with van der Waals surface area (Å²) in [5.41, 5.74) is 2.29. The summed E-state index contributed by atoms with van der Waals surface area (Å²) in [5, 5.41) is 29.0. The Balaban J connectivity index is 1.90. The largest absolute Gasteiger partial charge is 0.457 e. The van der Waals surface area contributed by atoms with Crippen molar-refractivity contribution in [2.45, 2.75) is 40.2 Å². The van der Waals surface area contributed by atoms with E-state index < -0.39 is 21.8 Å². The zero-order chi connectivity index (χ0) is 24.3. The summed E-state index contributed by atoms with van der Waals surface area (Å²) in [7, 11) is 0. The third kappa shape index (κ3) is 5.50. The summed E-state index contributed by atoms with van der Waals surface area (Å²) in [6, 6.07) is 9.96. The maximum absolute atomic E-state index is 13.0. The molecule has 1 unspecified atom stereocenters. The molecule has 1 amide bonds. The van der Waals surface area contributed by atoms with E-state index in [0.717, 1.165) is 11.1 Å². The number of aryl methyl sites for hydroxylation is 3. The first-order valence-corrected chi connectivity index (χ1v) is 10.1. The molecule has 0 aliphatic rings. The highest BCUT2D eigenvalue weighted by Crippen LogP contribution is 2.31. The smallest absolute Gasteiger partial charge is 0.390 e. The first-order chi connectivity index (χ1) is 15.6. The second-order valence-corrected chi connectivity index (χ2v) is 7.66. The van der Waals surface area contributed by atoms with Crippen molar-refractivity contribution in [2.24, 2.45) is 0 Å². The quantitative estimate of drug-likeness (QED) is 0.373. The Kier molecular flexibility index (Phi) is 6.71. The first-order valence-electron chi connectivity index (χ1n) is 10.1. The highest BCUT2D eigenvalue weighted by Gasteiger charge is 2.27. The van der Waals surface area contributed by atoms with Crippen molar-refractivity contribution in [2.75, 3.05) is 5.32 Å². The minimum Gasteiger partial charge on any atom is -0.457 e. The molecule has 0 saturated heterocycles. The third-order valence-corrected chi connectivity index (χ3v) is 4.88. The molecular weight excluding hydrogens is 430 g/mol. The molecule has 1 aromatic heterocycles. The lowest BCUT2D eigenvalue weighted by atomic mass is 10.1. The van der Waals surface area contributed by atoms with Crippen LogP contribution in [0.25, 0.3) is 0 Å². The van der Waals surface area contributed by atoms with Crippen LogP contribution in [0.3, 0.4) is 0 Å². The predicted molar refractivity (Wildman–Crippen MR) is 121 cm³/mol. The number of hydrogen-bond donors (Lipinski definition) is 1. The van der Waals surface area contributed by atoms with Crippen molar-refractivity contribution in [3.8, 4) is 11.5 Å². The van der Waals surface area contributed by atoms with Crippen LogP contribution < -0.4 is 10.1 Å². The summed E-state index contributed by atoms with van der Waals surface area (Å²) < 4.78 is 7.10.